The van der Waals surface area contributed by atoms with Gasteiger partial charge in [0.2, 0.25) is 5.95 Å². The third-order valence-corrected chi connectivity index (χ3v) is 6.63. The molecule has 3 N–H and O–H groups in total. The van der Waals surface area contributed by atoms with E-state index in [0.29, 0.717) is 17.0 Å². The van der Waals surface area contributed by atoms with Crippen LogP contribution in [-0.4, -0.2) is 44.8 Å². The second kappa shape index (κ2) is 8.21. The molecule has 0 amide bonds. The van der Waals surface area contributed by atoms with Gasteiger partial charge >= 0.3 is 0 Å². The van der Waals surface area contributed by atoms with Crippen LogP contribution >= 0.6 is 23.4 Å². The number of nitrogens with zero attached hydrogens (tertiary/aromatic N) is 2. The van der Waals surface area contributed by atoms with Crippen LogP contribution < -0.4 is 5.73 Å². The Hall–Kier alpha value is -0.930. The van der Waals surface area contributed by atoms with Crippen molar-refractivity contribution in [1.29, 1.82) is 0 Å². The standard InChI is InChI=1S/C18H26ClN3O4S/c1-9-15(16(19)22-17(20)21-9)27-12(24)6-4-5-10-7-11(8-23)14-13(10)25-18(2,3)26-14/h10-11,13-14,23H,4-8H2,1-3H3,(H2,20,21,22)/t10-,11-,13+,14-/m1/s1. The topological polar surface area (TPSA) is 108 Å². The van der Waals surface area contributed by atoms with Crippen molar-refractivity contribution in [2.24, 2.45) is 11.8 Å². The minimum Gasteiger partial charge on any atom is -0.396 e. The van der Waals surface area contributed by atoms with E-state index in [4.69, 9.17) is 26.8 Å². The molecular weight excluding hydrogens is 390 g/mol. The summed E-state index contributed by atoms with van der Waals surface area (Å²) >= 11 is 7.14. The molecule has 150 valence electrons. The van der Waals surface area contributed by atoms with E-state index in [1.807, 2.05) is 13.8 Å². The van der Waals surface area contributed by atoms with Crippen LogP contribution in [0.3, 0.4) is 0 Å². The molecule has 2 aliphatic rings. The molecule has 2 fully saturated rings. The van der Waals surface area contributed by atoms with Gasteiger partial charge in [-0.2, -0.15) is 0 Å². The Bertz CT molecular complexity index is 695. The van der Waals surface area contributed by atoms with E-state index in [1.54, 1.807) is 6.92 Å². The van der Waals surface area contributed by atoms with E-state index in [-0.39, 0.29) is 46.9 Å². The summed E-state index contributed by atoms with van der Waals surface area (Å²) in [6.45, 7) is 5.66. The van der Waals surface area contributed by atoms with Crippen molar-refractivity contribution in [1.82, 2.24) is 9.97 Å². The van der Waals surface area contributed by atoms with E-state index >= 15 is 0 Å². The lowest BCUT2D eigenvalue weighted by molar-refractivity contribution is -0.163. The van der Waals surface area contributed by atoms with Gasteiger partial charge in [-0.25, -0.2) is 9.97 Å². The fraction of sp³-hybridized carbons (Fsp3) is 0.722. The molecule has 4 atom stereocenters. The smallest absolute Gasteiger partial charge is 0.221 e. The second-order valence-corrected chi connectivity index (χ2v) is 9.08. The van der Waals surface area contributed by atoms with Crippen LogP contribution in [0.1, 0.15) is 45.2 Å². The van der Waals surface area contributed by atoms with Gasteiger partial charge in [-0.3, -0.25) is 4.79 Å². The zero-order valence-corrected chi connectivity index (χ0v) is 17.3. The summed E-state index contributed by atoms with van der Waals surface area (Å²) in [6, 6.07) is 0. The number of aryl methyl sites for hydroxylation is 1. The fourth-order valence-corrected chi connectivity index (χ4v) is 5.14. The molecule has 7 nitrogen and oxygen atoms in total. The van der Waals surface area contributed by atoms with Crippen molar-refractivity contribution in [2.45, 2.75) is 69.3 Å². The Labute approximate surface area is 168 Å². The van der Waals surface area contributed by atoms with E-state index in [0.717, 1.165) is 31.0 Å². The minimum absolute atomic E-state index is 0.0120. The van der Waals surface area contributed by atoms with E-state index in [9.17, 15) is 9.90 Å². The van der Waals surface area contributed by atoms with Gasteiger partial charge in [0.25, 0.3) is 0 Å². The van der Waals surface area contributed by atoms with Gasteiger partial charge in [0.05, 0.1) is 22.8 Å². The molecule has 3 rings (SSSR count). The summed E-state index contributed by atoms with van der Waals surface area (Å²) < 4.78 is 12.0. The number of hydrogen-bond acceptors (Lipinski definition) is 8. The number of aromatic nitrogens is 2. The number of nitrogens with two attached hydrogens (primary N) is 1. The highest BCUT2D eigenvalue weighted by atomic mass is 35.5. The molecule has 1 aromatic heterocycles. The first-order valence-electron chi connectivity index (χ1n) is 9.17. The van der Waals surface area contributed by atoms with Crippen molar-refractivity contribution in [2.75, 3.05) is 12.3 Å². The molecule has 0 unspecified atom stereocenters. The lowest BCUT2D eigenvalue weighted by Gasteiger charge is -2.22. The highest BCUT2D eigenvalue weighted by Crippen LogP contribution is 2.46. The van der Waals surface area contributed by atoms with Crippen LogP contribution in [-0.2, 0) is 14.3 Å². The van der Waals surface area contributed by atoms with Crippen LogP contribution in [0, 0.1) is 18.8 Å². The van der Waals surface area contributed by atoms with Crippen LogP contribution in [0.4, 0.5) is 5.95 Å². The van der Waals surface area contributed by atoms with Gasteiger partial charge in [-0.1, -0.05) is 11.6 Å². The summed E-state index contributed by atoms with van der Waals surface area (Å²) in [5.74, 6) is -0.126. The highest BCUT2D eigenvalue weighted by Gasteiger charge is 2.53. The lowest BCUT2D eigenvalue weighted by Crippen LogP contribution is -2.27. The number of hydrogen-bond donors (Lipinski definition) is 2. The predicted octanol–water partition coefficient (Wildman–Crippen LogP) is 2.96. The Morgan fingerprint density at radius 2 is 2.00 bits per heavy atom. The maximum absolute atomic E-state index is 12.3. The third kappa shape index (κ3) is 4.74. The molecule has 1 aliphatic carbocycles. The summed E-state index contributed by atoms with van der Waals surface area (Å²) in [6.07, 6.45) is 2.81. The SMILES string of the molecule is Cc1nc(N)nc(Cl)c1SC(=O)CCC[C@@H]1C[C@H](CO)[C@H]2OC(C)(C)O[C@@H]12. The van der Waals surface area contributed by atoms with Crippen LogP contribution in [0.25, 0.3) is 0 Å². The largest absolute Gasteiger partial charge is 0.396 e. The number of nitrogen functional groups attached to an aromatic ring is 1. The number of fused-ring (bicyclic) bond motifs is 1. The Morgan fingerprint density at radius 3 is 2.63 bits per heavy atom. The first kappa shape index (κ1) is 20.8. The minimum atomic E-state index is -0.615. The average Bonchev–Trinajstić information content (AvgIpc) is 3.04. The maximum atomic E-state index is 12.3. The number of thioether (sulfide) groups is 1. The maximum Gasteiger partial charge on any atom is 0.221 e. The molecule has 0 aromatic carbocycles. The number of carbonyl (C=O) groups excluding carboxylic acids is 1. The zero-order chi connectivity index (χ0) is 19.8. The molecule has 1 saturated carbocycles. The number of anilines is 1. The highest BCUT2D eigenvalue weighted by molar-refractivity contribution is 8.13. The summed E-state index contributed by atoms with van der Waals surface area (Å²) in [7, 11) is 0. The first-order valence-corrected chi connectivity index (χ1v) is 10.4. The third-order valence-electron chi connectivity index (χ3n) is 5.12. The molecule has 2 heterocycles. The van der Waals surface area contributed by atoms with Gasteiger partial charge in [-0.05, 0) is 57.7 Å². The fourth-order valence-electron chi connectivity index (χ4n) is 4.00. The molecule has 27 heavy (non-hydrogen) atoms. The molecule has 0 bridgehead atoms. The van der Waals surface area contributed by atoms with Gasteiger partial charge in [0, 0.05) is 18.9 Å². The molecule has 1 saturated heterocycles. The number of halogens is 1. The van der Waals surface area contributed by atoms with E-state index in [1.165, 1.54) is 0 Å². The first-order chi connectivity index (χ1) is 12.7. The number of rotatable bonds is 6. The van der Waals surface area contributed by atoms with E-state index in [2.05, 4.69) is 9.97 Å². The molecule has 1 aromatic rings. The summed E-state index contributed by atoms with van der Waals surface area (Å²) in [4.78, 5) is 20.9. The number of aliphatic hydroxyl groups is 1. The molecule has 1 aliphatic heterocycles. The number of aliphatic hydroxyl groups excluding tert-OH is 1. The summed E-state index contributed by atoms with van der Waals surface area (Å²) in [5, 5.41) is 9.85. The quantitative estimate of drug-likeness (QED) is 0.539. The second-order valence-electron chi connectivity index (χ2n) is 7.66. The van der Waals surface area contributed by atoms with Gasteiger partial charge in [0.15, 0.2) is 10.9 Å². The zero-order valence-electron chi connectivity index (χ0n) is 15.8. The molecular formula is C18H26ClN3O4S. The Kier molecular flexibility index (Phi) is 6.32. The van der Waals surface area contributed by atoms with Crippen molar-refractivity contribution >= 4 is 34.4 Å². The molecule has 0 spiro atoms. The van der Waals surface area contributed by atoms with Gasteiger partial charge in [-0.15, -0.1) is 0 Å². The van der Waals surface area contributed by atoms with Crippen molar-refractivity contribution in [3.8, 4) is 0 Å². The van der Waals surface area contributed by atoms with Crippen LogP contribution in [0.15, 0.2) is 4.90 Å². The van der Waals surface area contributed by atoms with Crippen molar-refractivity contribution in [3.63, 3.8) is 0 Å². The predicted molar refractivity (Wildman–Crippen MR) is 103 cm³/mol. The molecule has 0 radical (unpaired) electrons. The van der Waals surface area contributed by atoms with Crippen molar-refractivity contribution < 1.29 is 19.4 Å². The monoisotopic (exact) mass is 415 g/mol. The number of ether oxygens (including phenoxy) is 2. The summed E-state index contributed by atoms with van der Waals surface area (Å²) in [5.41, 5.74) is 6.16. The van der Waals surface area contributed by atoms with Crippen LogP contribution in [0.2, 0.25) is 5.15 Å². The number of carbonyl (C=O) groups is 1. The van der Waals surface area contributed by atoms with Crippen LogP contribution in [0.5, 0.6) is 0 Å². The van der Waals surface area contributed by atoms with Gasteiger partial charge < -0.3 is 20.3 Å². The lowest BCUT2D eigenvalue weighted by atomic mass is 9.97. The Balaban J connectivity index is 1.52. The Morgan fingerprint density at radius 1 is 1.33 bits per heavy atom. The normalized spacial score (nSPS) is 29.1. The van der Waals surface area contributed by atoms with E-state index < -0.39 is 5.79 Å². The molecule has 9 heteroatoms. The van der Waals surface area contributed by atoms with Crippen molar-refractivity contribution in [3.05, 3.63) is 10.8 Å². The average molecular weight is 416 g/mol. The van der Waals surface area contributed by atoms with Gasteiger partial charge in [0.1, 0.15) is 5.15 Å².